The topological polar surface area (TPSA) is 108 Å². The third kappa shape index (κ3) is 20.0. The van der Waals surface area contributed by atoms with E-state index in [4.69, 9.17) is 28.4 Å². The second-order valence-corrected chi connectivity index (χ2v) is 19.8. The average molecular weight is 1030 g/mol. The van der Waals surface area contributed by atoms with Gasteiger partial charge in [0.05, 0.1) is 18.8 Å². The number of rotatable bonds is 16. The Morgan fingerprint density at radius 3 is 1.14 bits per heavy atom. The zero-order chi connectivity index (χ0) is 47.0. The Balaban J connectivity index is 0.000000394. The number of aliphatic hydroxyl groups is 1. The van der Waals surface area contributed by atoms with Gasteiger partial charge in [-0.25, -0.2) is 0 Å². The van der Waals surface area contributed by atoms with Gasteiger partial charge in [-0.2, -0.15) is 0 Å². The van der Waals surface area contributed by atoms with E-state index >= 15 is 0 Å². The van der Waals surface area contributed by atoms with Gasteiger partial charge in [-0.15, -0.1) is 0 Å². The molecular weight excluding hydrogens is 976 g/mol. The minimum Gasteiger partial charge on any atom is -0.262 e. The van der Waals surface area contributed by atoms with Gasteiger partial charge < -0.3 is 38.2 Å². The molecule has 0 amide bonds. The zero-order valence-electron chi connectivity index (χ0n) is 37.1. The molecule has 9 nitrogen and oxygen atoms in total. The van der Waals surface area contributed by atoms with Crippen molar-refractivity contribution in [2.75, 3.05) is 39.6 Å². The van der Waals surface area contributed by atoms with Crippen molar-refractivity contribution >= 4 is 20.3 Å². The fourth-order valence-corrected chi connectivity index (χ4v) is 6.08. The van der Waals surface area contributed by atoms with Gasteiger partial charge in [0, 0.05) is 66.3 Å². The summed E-state index contributed by atoms with van der Waals surface area (Å²) in [7, 11) is 0. The standard InChI is InChI=1S/C39H44O7.C7H7.C4H4N2.6FH.Sb/c1-38(2,29-9-17-34(18-10-29)43-23-36-25-45-36)27-5-13-32(14-6-27)41-21-31(40)22-42-33-15-7-28(8-16-33)39(3,4)30-11-19-35(20-12-30)44-24-37-26-46-37;1-7-5-3-2-4-6-7;1-2-6-4-3-5-1;;;;;;;/h5-20,31,36-37,40H,21-26H2,1-4H3;2-6H,1H2;1-4H;6*1H;/q;+1;;;;;;;;+5/p-6. The summed E-state index contributed by atoms with van der Waals surface area (Å²) in [5, 5.41) is 10.5. The van der Waals surface area contributed by atoms with Crippen LogP contribution in [0.25, 0.3) is 0 Å². The maximum Gasteiger partial charge on any atom is 0.0451 e. The molecule has 2 fully saturated rings. The molecule has 0 bridgehead atoms. The van der Waals surface area contributed by atoms with E-state index in [1.54, 1.807) is 24.8 Å². The van der Waals surface area contributed by atoms with Gasteiger partial charge in [-0.3, -0.25) is 9.97 Å². The molecule has 5 aromatic rings. The van der Waals surface area contributed by atoms with Crippen LogP contribution in [0, 0.1) is 6.42 Å². The molecule has 1 aromatic heterocycles. The molecule has 8 rings (SSSR count). The summed E-state index contributed by atoms with van der Waals surface area (Å²) < 4.78 is 83.3. The summed E-state index contributed by atoms with van der Waals surface area (Å²) in [6, 6.07) is 32.6. The Kier molecular flexibility index (Phi) is 19.6. The van der Waals surface area contributed by atoms with Gasteiger partial charge in [-0.05, 0) is 77.4 Å². The van der Waals surface area contributed by atoms with E-state index in [0.29, 0.717) is 24.7 Å². The van der Waals surface area contributed by atoms with Crippen LogP contribution >= 0.6 is 0 Å². The first-order chi connectivity index (χ1) is 30.8. The van der Waals surface area contributed by atoms with E-state index in [0.717, 1.165) is 30.3 Å². The Labute approximate surface area is 387 Å². The summed E-state index contributed by atoms with van der Waals surface area (Å²) in [6.45, 7) is 15.6. The van der Waals surface area contributed by atoms with Gasteiger partial charge in [-0.1, -0.05) is 76.2 Å². The van der Waals surface area contributed by atoms with Crippen molar-refractivity contribution in [3.05, 3.63) is 187 Å². The molecule has 16 heteroatoms. The van der Waals surface area contributed by atoms with Crippen LogP contribution in [0.4, 0.5) is 14.1 Å². The quantitative estimate of drug-likeness (QED) is 0.0459. The van der Waals surface area contributed by atoms with Crippen molar-refractivity contribution in [2.24, 2.45) is 0 Å². The number of nitrogens with zero attached hydrogens (tertiary/aromatic N) is 2. The molecule has 1 N–H and O–H groups in total. The van der Waals surface area contributed by atoms with Gasteiger partial charge in [0.2, 0.25) is 0 Å². The predicted molar refractivity (Wildman–Crippen MR) is 243 cm³/mol. The van der Waals surface area contributed by atoms with Gasteiger partial charge in [0.1, 0.15) is 67.7 Å². The summed E-state index contributed by atoms with van der Waals surface area (Å²) >= 11 is -9.19. The van der Waals surface area contributed by atoms with Crippen molar-refractivity contribution < 1.29 is 52.3 Å². The van der Waals surface area contributed by atoms with E-state index < -0.39 is 26.4 Å². The second kappa shape index (κ2) is 24.3. The summed E-state index contributed by atoms with van der Waals surface area (Å²) in [5.74, 6) is 3.11. The first kappa shape index (κ1) is 53.1. The first-order valence-electron chi connectivity index (χ1n) is 20.8. The minimum absolute atomic E-state index is 0. The number of epoxide rings is 2. The Bertz CT molecular complexity index is 2100. The number of benzene rings is 4. The van der Waals surface area contributed by atoms with Crippen LogP contribution in [0.5, 0.6) is 23.0 Å². The van der Waals surface area contributed by atoms with Crippen LogP contribution in [0.2, 0.25) is 0 Å². The number of ether oxygens (including phenoxy) is 6. The molecule has 1 aliphatic carbocycles. The molecule has 66 heavy (non-hydrogen) atoms. The third-order valence-electron chi connectivity index (χ3n) is 10.2. The van der Waals surface area contributed by atoms with Crippen molar-refractivity contribution in [1.82, 2.24) is 9.97 Å². The Morgan fingerprint density at radius 2 is 0.909 bits per heavy atom. The molecule has 0 spiro atoms. The van der Waals surface area contributed by atoms with E-state index in [1.807, 2.05) is 79.3 Å². The van der Waals surface area contributed by atoms with Gasteiger partial charge in [0.15, 0.2) is 0 Å². The number of hydrogen-bond acceptors (Lipinski definition) is 9. The van der Waals surface area contributed by atoms with Crippen molar-refractivity contribution in [1.29, 1.82) is 0 Å². The van der Waals surface area contributed by atoms with E-state index in [1.165, 1.54) is 22.3 Å². The molecule has 3 heterocycles. The SMILES string of the molecule is C=C1C=CC=C[CH+]1.CC(C)(c1ccc(OCC(O)COc2ccc(C(C)(C)c3ccc(OCC4CO4)cc3)cc2)cc1)c1ccc(OCC2CO2)cc1.[F-].[F][Sb]([F])([F])([F])[F].c1cnccn1. The number of aliphatic hydroxyl groups excluding tert-OH is 1. The largest absolute Gasteiger partial charge is 0.262 e. The van der Waals surface area contributed by atoms with Crippen molar-refractivity contribution in [2.45, 2.75) is 56.8 Å². The molecule has 4 aromatic carbocycles. The number of allylic oxidation sites excluding steroid dienone is 5. The van der Waals surface area contributed by atoms with Crippen LogP contribution < -0.4 is 23.7 Å². The number of halogens is 6. The smallest absolute Gasteiger partial charge is 0.0451 e. The fourth-order valence-electron chi connectivity index (χ4n) is 6.08. The second-order valence-electron chi connectivity index (χ2n) is 16.2. The zero-order valence-corrected chi connectivity index (χ0v) is 39.7. The first-order valence-corrected chi connectivity index (χ1v) is 25.6. The van der Waals surface area contributed by atoms with Gasteiger partial charge >= 0.3 is 34.4 Å². The van der Waals surface area contributed by atoms with Gasteiger partial charge in [0.25, 0.3) is 0 Å². The molecule has 2 atom stereocenters. The van der Waals surface area contributed by atoms with Crippen molar-refractivity contribution in [3.63, 3.8) is 0 Å². The predicted octanol–water partition coefficient (Wildman–Crippen LogP) is 7.79. The molecule has 0 saturated carbocycles. The number of aromatic nitrogens is 2. The van der Waals surface area contributed by atoms with Crippen LogP contribution in [-0.2, 0) is 20.3 Å². The van der Waals surface area contributed by atoms with Crippen LogP contribution in [-0.4, -0.2) is 93.3 Å². The van der Waals surface area contributed by atoms with Crippen molar-refractivity contribution in [3.8, 4) is 23.0 Å². The molecule has 2 unspecified atom stereocenters. The minimum atomic E-state index is -9.19. The monoisotopic (exact) mass is 1030 g/mol. The van der Waals surface area contributed by atoms with Crippen LogP contribution in [0.15, 0.2) is 158 Å². The summed E-state index contributed by atoms with van der Waals surface area (Å²) in [4.78, 5) is 7.44. The summed E-state index contributed by atoms with van der Waals surface area (Å²) in [5.41, 5.74) is 5.41. The maximum atomic E-state index is 10.5. The average Bonchev–Trinajstić information content (AvgIpc) is 4.24. The summed E-state index contributed by atoms with van der Waals surface area (Å²) in [6.07, 6.45) is 16.1. The number of hydrogen-bond donors (Lipinski definition) is 1. The maximum absolute atomic E-state index is 10.5. The Hall–Kier alpha value is -5.47. The molecule has 0 radical (unpaired) electrons. The molecular formula is C50H55F6N2O7Sb. The van der Waals surface area contributed by atoms with E-state index in [9.17, 15) is 19.2 Å². The van der Waals surface area contributed by atoms with E-state index in [2.05, 4.69) is 92.8 Å². The van der Waals surface area contributed by atoms with Crippen LogP contribution in [0.3, 0.4) is 0 Å². The third-order valence-corrected chi connectivity index (χ3v) is 10.2. The molecule has 2 saturated heterocycles. The van der Waals surface area contributed by atoms with Crippen LogP contribution in [0.1, 0.15) is 49.9 Å². The molecule has 354 valence electrons. The Morgan fingerprint density at radius 1 is 0.606 bits per heavy atom. The molecule has 2 aliphatic heterocycles. The fraction of sp³-hybridized carbons (Fsp3) is 0.300. The molecule has 3 aliphatic rings. The normalized spacial score (nSPS) is 16.8. The van der Waals surface area contributed by atoms with E-state index in [-0.39, 0.29) is 41.0 Å².